The average molecular weight is 414 g/mol. The van der Waals surface area contributed by atoms with E-state index < -0.39 is 0 Å². The monoisotopic (exact) mass is 413 g/mol. The normalized spacial score (nSPS) is 13.9. The van der Waals surface area contributed by atoms with Crippen molar-refractivity contribution in [3.63, 3.8) is 0 Å². The van der Waals surface area contributed by atoms with E-state index in [4.69, 9.17) is 5.73 Å². The molecular formula is C24H27N7. The first kappa shape index (κ1) is 19.5. The minimum Gasteiger partial charge on any atom is -0.331 e. The predicted molar refractivity (Wildman–Crippen MR) is 123 cm³/mol. The summed E-state index contributed by atoms with van der Waals surface area (Å²) in [7, 11) is 0. The van der Waals surface area contributed by atoms with E-state index >= 15 is 0 Å². The number of nitrogens with one attached hydrogen (secondary N) is 1. The standard InChI is InChI=1S/C19H16N6.C5H11N/c1-13-5-6-19-22-14(10-25(19)8-13)9-24-11-18(20-12-24)15-3-2-4-17-16(15)7-21-23-17;6-4-5-2-1-3-5/h2-8,10-12H,9H2,1H3,(H,21,23);5H,1-4,6H2. The van der Waals surface area contributed by atoms with Crippen LogP contribution in [0.1, 0.15) is 30.5 Å². The molecule has 1 fully saturated rings. The Kier molecular flexibility index (Phi) is 5.26. The fraction of sp³-hybridized carbons (Fsp3) is 0.292. The highest BCUT2D eigenvalue weighted by molar-refractivity contribution is 5.93. The first-order valence-corrected chi connectivity index (χ1v) is 10.8. The number of hydrogen-bond donors (Lipinski definition) is 2. The van der Waals surface area contributed by atoms with Gasteiger partial charge in [0, 0.05) is 29.5 Å². The largest absolute Gasteiger partial charge is 0.331 e. The van der Waals surface area contributed by atoms with Crippen LogP contribution >= 0.6 is 0 Å². The van der Waals surface area contributed by atoms with Crippen LogP contribution in [-0.2, 0) is 6.54 Å². The van der Waals surface area contributed by atoms with Gasteiger partial charge in [-0.05, 0) is 49.9 Å². The number of rotatable bonds is 4. The summed E-state index contributed by atoms with van der Waals surface area (Å²) in [5, 5.41) is 8.20. The lowest BCUT2D eigenvalue weighted by Crippen LogP contribution is -2.20. The van der Waals surface area contributed by atoms with Gasteiger partial charge in [-0.15, -0.1) is 0 Å². The first-order chi connectivity index (χ1) is 15.2. The van der Waals surface area contributed by atoms with Crippen LogP contribution in [0, 0.1) is 12.8 Å². The smallest absolute Gasteiger partial charge is 0.137 e. The highest BCUT2D eigenvalue weighted by atomic mass is 15.1. The third kappa shape index (κ3) is 4.09. The molecule has 5 aromatic rings. The molecule has 31 heavy (non-hydrogen) atoms. The van der Waals surface area contributed by atoms with Gasteiger partial charge < -0.3 is 14.7 Å². The van der Waals surface area contributed by atoms with E-state index in [-0.39, 0.29) is 0 Å². The van der Waals surface area contributed by atoms with E-state index in [0.29, 0.717) is 6.54 Å². The third-order valence-corrected chi connectivity index (χ3v) is 5.95. The maximum Gasteiger partial charge on any atom is 0.137 e. The predicted octanol–water partition coefficient (Wildman–Crippen LogP) is 4.18. The molecule has 4 aromatic heterocycles. The summed E-state index contributed by atoms with van der Waals surface area (Å²) in [6.45, 7) is 3.69. The number of aromatic nitrogens is 6. The summed E-state index contributed by atoms with van der Waals surface area (Å²) in [4.78, 5) is 9.24. The number of nitrogens with zero attached hydrogens (tertiary/aromatic N) is 5. The molecule has 1 aliphatic rings. The van der Waals surface area contributed by atoms with Crippen molar-refractivity contribution in [3.05, 3.63) is 72.7 Å². The van der Waals surface area contributed by atoms with Crippen molar-refractivity contribution in [1.29, 1.82) is 0 Å². The second kappa shape index (κ2) is 8.35. The Morgan fingerprint density at radius 1 is 1.13 bits per heavy atom. The van der Waals surface area contributed by atoms with Crippen molar-refractivity contribution in [1.82, 2.24) is 29.1 Å². The van der Waals surface area contributed by atoms with E-state index in [9.17, 15) is 0 Å². The molecule has 7 nitrogen and oxygen atoms in total. The molecule has 0 saturated heterocycles. The molecule has 0 unspecified atom stereocenters. The number of H-pyrrole nitrogens is 1. The quantitative estimate of drug-likeness (QED) is 0.463. The third-order valence-electron chi connectivity index (χ3n) is 5.95. The Labute approximate surface area is 180 Å². The summed E-state index contributed by atoms with van der Waals surface area (Å²) >= 11 is 0. The molecular weight excluding hydrogens is 386 g/mol. The zero-order chi connectivity index (χ0) is 21.2. The van der Waals surface area contributed by atoms with Crippen molar-refractivity contribution >= 4 is 16.6 Å². The fourth-order valence-corrected chi connectivity index (χ4v) is 3.92. The lowest BCUT2D eigenvalue weighted by atomic mass is 9.86. The van der Waals surface area contributed by atoms with Crippen LogP contribution in [0.25, 0.3) is 27.8 Å². The van der Waals surface area contributed by atoms with Crippen LogP contribution in [-0.4, -0.2) is 35.7 Å². The van der Waals surface area contributed by atoms with E-state index in [0.717, 1.165) is 46.0 Å². The second-order valence-electron chi connectivity index (χ2n) is 8.30. The molecule has 1 aromatic carbocycles. The second-order valence-corrected chi connectivity index (χ2v) is 8.30. The number of imidazole rings is 2. The molecule has 3 N–H and O–H groups in total. The number of pyridine rings is 1. The zero-order valence-electron chi connectivity index (χ0n) is 17.7. The van der Waals surface area contributed by atoms with Crippen molar-refractivity contribution in [3.8, 4) is 11.3 Å². The van der Waals surface area contributed by atoms with Gasteiger partial charge in [0.2, 0.25) is 0 Å². The fourth-order valence-electron chi connectivity index (χ4n) is 3.92. The number of fused-ring (bicyclic) bond motifs is 2. The number of nitrogens with two attached hydrogens (primary N) is 1. The van der Waals surface area contributed by atoms with Gasteiger partial charge in [-0.2, -0.15) is 5.10 Å². The first-order valence-electron chi connectivity index (χ1n) is 10.8. The van der Waals surface area contributed by atoms with Crippen LogP contribution in [0.3, 0.4) is 0 Å². The summed E-state index contributed by atoms with van der Waals surface area (Å²) in [5.41, 5.74) is 11.6. The molecule has 0 aliphatic heterocycles. The summed E-state index contributed by atoms with van der Waals surface area (Å²) in [5.74, 6) is 0.894. The van der Waals surface area contributed by atoms with Gasteiger partial charge in [-0.1, -0.05) is 24.6 Å². The van der Waals surface area contributed by atoms with Crippen molar-refractivity contribution < 1.29 is 0 Å². The zero-order valence-corrected chi connectivity index (χ0v) is 17.7. The van der Waals surface area contributed by atoms with E-state index in [1.807, 2.05) is 30.7 Å². The van der Waals surface area contributed by atoms with Gasteiger partial charge in [-0.3, -0.25) is 5.10 Å². The highest BCUT2D eigenvalue weighted by Gasteiger charge is 2.14. The van der Waals surface area contributed by atoms with E-state index in [1.165, 1.54) is 24.8 Å². The van der Waals surface area contributed by atoms with Crippen molar-refractivity contribution in [2.75, 3.05) is 6.54 Å². The van der Waals surface area contributed by atoms with Crippen LogP contribution in [0.15, 0.2) is 61.4 Å². The number of benzene rings is 1. The Bertz CT molecular complexity index is 1300. The van der Waals surface area contributed by atoms with Gasteiger partial charge in [-0.25, -0.2) is 9.97 Å². The Morgan fingerprint density at radius 3 is 2.81 bits per heavy atom. The van der Waals surface area contributed by atoms with Crippen LogP contribution in [0.2, 0.25) is 0 Å². The van der Waals surface area contributed by atoms with E-state index in [1.54, 1.807) is 0 Å². The van der Waals surface area contributed by atoms with Crippen molar-refractivity contribution in [2.45, 2.75) is 32.7 Å². The molecule has 4 heterocycles. The Morgan fingerprint density at radius 2 is 2.03 bits per heavy atom. The molecule has 0 radical (unpaired) electrons. The summed E-state index contributed by atoms with van der Waals surface area (Å²) in [6.07, 6.45) is 14.1. The minimum atomic E-state index is 0.690. The molecule has 0 spiro atoms. The average Bonchev–Trinajstić information content (AvgIpc) is 3.46. The summed E-state index contributed by atoms with van der Waals surface area (Å²) < 4.78 is 4.12. The van der Waals surface area contributed by atoms with Gasteiger partial charge in [0.1, 0.15) is 5.65 Å². The van der Waals surface area contributed by atoms with Gasteiger partial charge >= 0.3 is 0 Å². The molecule has 1 saturated carbocycles. The van der Waals surface area contributed by atoms with Crippen LogP contribution in [0.5, 0.6) is 0 Å². The topological polar surface area (TPSA) is 89.8 Å². The molecule has 0 amide bonds. The van der Waals surface area contributed by atoms with Crippen molar-refractivity contribution in [2.24, 2.45) is 11.7 Å². The SMILES string of the molecule is Cc1ccc2nc(Cn3cnc(-c4cccc5[nH]ncc45)c3)cn2c1.NCC1CCC1. The molecule has 158 valence electrons. The minimum absolute atomic E-state index is 0.690. The van der Waals surface area contributed by atoms with Gasteiger partial charge in [0.05, 0.1) is 36.0 Å². The van der Waals surface area contributed by atoms with Crippen LogP contribution < -0.4 is 5.73 Å². The molecule has 1 aliphatic carbocycles. The number of aryl methyl sites for hydroxylation is 1. The lowest BCUT2D eigenvalue weighted by molar-refractivity contribution is 0.325. The van der Waals surface area contributed by atoms with Gasteiger partial charge in [0.25, 0.3) is 0 Å². The molecule has 6 rings (SSSR count). The Balaban J connectivity index is 0.000000296. The Hall–Kier alpha value is -3.45. The van der Waals surface area contributed by atoms with E-state index in [2.05, 4.69) is 66.8 Å². The molecule has 0 atom stereocenters. The van der Waals surface area contributed by atoms with Crippen LogP contribution in [0.4, 0.5) is 0 Å². The summed E-state index contributed by atoms with van der Waals surface area (Å²) in [6, 6.07) is 10.2. The maximum atomic E-state index is 5.33. The number of aromatic amines is 1. The lowest BCUT2D eigenvalue weighted by Gasteiger charge is -2.22. The number of hydrogen-bond acceptors (Lipinski definition) is 4. The highest BCUT2D eigenvalue weighted by Crippen LogP contribution is 2.26. The maximum absolute atomic E-state index is 5.33. The van der Waals surface area contributed by atoms with Gasteiger partial charge in [0.15, 0.2) is 0 Å². The molecule has 0 bridgehead atoms. The molecule has 7 heteroatoms.